The molecule has 3 fully saturated rings. The minimum atomic E-state index is -0.303. The Kier molecular flexibility index (Phi) is 3.55. The maximum atomic E-state index is 12.1. The topological polar surface area (TPSA) is 61.8 Å². The highest BCUT2D eigenvalue weighted by molar-refractivity contribution is 5.84. The number of carbonyl (C=O) groups excluding carboxylic acids is 1. The molecule has 5 rings (SSSR count). The lowest BCUT2D eigenvalue weighted by atomic mass is 9.78. The summed E-state index contributed by atoms with van der Waals surface area (Å²) in [6.07, 6.45) is 0. The highest BCUT2D eigenvalue weighted by Gasteiger charge is 2.56. The van der Waals surface area contributed by atoms with E-state index in [9.17, 15) is 4.79 Å². The Balaban J connectivity index is 1.34. The van der Waals surface area contributed by atoms with Gasteiger partial charge in [0, 0.05) is 30.6 Å². The number of amides is 1. The molecule has 2 aromatic carbocycles. The molecule has 2 aliphatic heterocycles. The number of nitrogens with one attached hydrogen (secondary N) is 1. The summed E-state index contributed by atoms with van der Waals surface area (Å²) >= 11 is 0. The van der Waals surface area contributed by atoms with Gasteiger partial charge in [-0.15, -0.1) is 0 Å². The summed E-state index contributed by atoms with van der Waals surface area (Å²) in [6.45, 7) is 3.91. The number of anilines is 1. The summed E-state index contributed by atoms with van der Waals surface area (Å²) in [6, 6.07) is 18.6. The summed E-state index contributed by atoms with van der Waals surface area (Å²) in [5.41, 5.74) is 5.76. The average Bonchev–Trinajstić information content (AvgIpc) is 3.36. The Hall–Kier alpha value is -2.37. The Morgan fingerprint density at radius 2 is 1.62 bits per heavy atom. The van der Waals surface area contributed by atoms with Gasteiger partial charge in [0.05, 0.1) is 24.5 Å². The Morgan fingerprint density at radius 1 is 1.00 bits per heavy atom. The first-order chi connectivity index (χ1) is 12.7. The summed E-state index contributed by atoms with van der Waals surface area (Å²) in [4.78, 5) is 14.5. The number of rotatable bonds is 4. The molecule has 5 nitrogen and oxygen atoms in total. The van der Waals surface area contributed by atoms with Gasteiger partial charge in [-0.3, -0.25) is 10.0 Å². The van der Waals surface area contributed by atoms with Gasteiger partial charge in [0.25, 0.3) is 0 Å². The lowest BCUT2D eigenvalue weighted by Gasteiger charge is -2.56. The molecule has 0 radical (unpaired) electrons. The maximum Gasteiger partial charge on any atom is 0.247 e. The number of benzene rings is 2. The van der Waals surface area contributed by atoms with E-state index in [2.05, 4.69) is 41.3 Å². The molecule has 2 aromatic rings. The van der Waals surface area contributed by atoms with Crippen LogP contribution in [0.15, 0.2) is 54.6 Å². The van der Waals surface area contributed by atoms with Crippen LogP contribution in [0.2, 0.25) is 0 Å². The minimum absolute atomic E-state index is 0.112. The van der Waals surface area contributed by atoms with Crippen molar-refractivity contribution in [3.05, 3.63) is 65.7 Å². The van der Waals surface area contributed by atoms with E-state index in [1.54, 1.807) is 0 Å². The van der Waals surface area contributed by atoms with E-state index in [-0.39, 0.29) is 23.7 Å². The third-order valence-electron chi connectivity index (χ3n) is 6.13. The van der Waals surface area contributed by atoms with Crippen molar-refractivity contribution in [2.75, 3.05) is 31.2 Å². The zero-order valence-electron chi connectivity index (χ0n) is 14.5. The molecule has 2 saturated heterocycles. The Morgan fingerprint density at radius 3 is 2.15 bits per heavy atom. The van der Waals surface area contributed by atoms with E-state index in [4.69, 9.17) is 9.94 Å². The molecule has 3 atom stereocenters. The van der Waals surface area contributed by atoms with Gasteiger partial charge in [-0.2, -0.15) is 0 Å². The van der Waals surface area contributed by atoms with Crippen LogP contribution in [0.1, 0.15) is 23.0 Å². The van der Waals surface area contributed by atoms with Crippen LogP contribution in [0.3, 0.4) is 0 Å². The molecule has 5 heteroatoms. The molecule has 1 saturated carbocycles. The molecule has 2 N–H and O–H groups in total. The highest BCUT2D eigenvalue weighted by Crippen LogP contribution is 2.60. The first-order valence-corrected chi connectivity index (χ1v) is 9.12. The van der Waals surface area contributed by atoms with Gasteiger partial charge >= 0.3 is 0 Å². The molecule has 0 unspecified atom stereocenters. The lowest BCUT2D eigenvalue weighted by molar-refractivity contribution is -0.130. The zero-order valence-corrected chi connectivity index (χ0v) is 14.5. The molecule has 1 amide bonds. The number of hydroxylamine groups is 1. The van der Waals surface area contributed by atoms with Crippen molar-refractivity contribution >= 4 is 11.6 Å². The third kappa shape index (κ3) is 2.42. The van der Waals surface area contributed by atoms with E-state index in [0.29, 0.717) is 5.41 Å². The molecule has 26 heavy (non-hydrogen) atoms. The molecule has 1 spiro atoms. The van der Waals surface area contributed by atoms with Crippen LogP contribution in [0.25, 0.3) is 0 Å². The molecule has 3 aliphatic rings. The van der Waals surface area contributed by atoms with Crippen LogP contribution in [0, 0.1) is 11.3 Å². The first kappa shape index (κ1) is 15.9. The maximum absolute atomic E-state index is 12.1. The van der Waals surface area contributed by atoms with Crippen molar-refractivity contribution in [3.63, 3.8) is 0 Å². The fourth-order valence-electron chi connectivity index (χ4n) is 4.64. The third-order valence-corrected chi connectivity index (χ3v) is 6.13. The quantitative estimate of drug-likeness (QED) is 0.657. The van der Waals surface area contributed by atoms with E-state index in [1.807, 2.05) is 23.7 Å². The Labute approximate surface area is 152 Å². The number of hydrogen-bond acceptors (Lipinski definition) is 4. The van der Waals surface area contributed by atoms with Gasteiger partial charge in [0.15, 0.2) is 0 Å². The van der Waals surface area contributed by atoms with Crippen LogP contribution in [0.4, 0.5) is 5.69 Å². The lowest BCUT2D eigenvalue weighted by Crippen LogP contribution is -2.66. The van der Waals surface area contributed by atoms with Crippen LogP contribution in [-0.2, 0) is 9.53 Å². The summed E-state index contributed by atoms with van der Waals surface area (Å²) in [7, 11) is 0. The van der Waals surface area contributed by atoms with Gasteiger partial charge < -0.3 is 9.64 Å². The molecule has 134 valence electrons. The average molecular weight is 350 g/mol. The number of ether oxygens (including phenoxy) is 1. The van der Waals surface area contributed by atoms with Crippen molar-refractivity contribution in [3.8, 4) is 0 Å². The smallest absolute Gasteiger partial charge is 0.247 e. The van der Waals surface area contributed by atoms with Gasteiger partial charge in [0.2, 0.25) is 5.91 Å². The van der Waals surface area contributed by atoms with Gasteiger partial charge in [-0.25, -0.2) is 5.48 Å². The first-order valence-electron chi connectivity index (χ1n) is 9.12. The predicted molar refractivity (Wildman–Crippen MR) is 97.3 cm³/mol. The molecule has 0 aromatic heterocycles. The van der Waals surface area contributed by atoms with Gasteiger partial charge in [-0.05, 0) is 23.3 Å². The number of nitrogens with zero attached hydrogens (tertiary/aromatic N) is 1. The van der Waals surface area contributed by atoms with E-state index in [1.165, 1.54) is 5.69 Å². The standard InChI is InChI=1S/C21H22N2O3/c24-20(22-25)19-17(14-4-2-1-3-5-14)18(19)15-6-8-16(9-7-15)23-10-21(11-23)12-26-13-21/h1-9,17-19,25H,10-13H2,(H,22,24)/t17-,18-,19-/m1/s1. The highest BCUT2D eigenvalue weighted by atomic mass is 16.5. The van der Waals surface area contributed by atoms with Crippen molar-refractivity contribution in [2.24, 2.45) is 11.3 Å². The second-order valence-electron chi connectivity index (χ2n) is 7.90. The van der Waals surface area contributed by atoms with Crippen LogP contribution < -0.4 is 10.4 Å². The van der Waals surface area contributed by atoms with E-state index < -0.39 is 0 Å². The Bertz CT molecular complexity index is 809. The van der Waals surface area contributed by atoms with E-state index >= 15 is 0 Å². The minimum Gasteiger partial charge on any atom is -0.380 e. The molecule has 0 bridgehead atoms. The monoisotopic (exact) mass is 350 g/mol. The van der Waals surface area contributed by atoms with Crippen molar-refractivity contribution in [1.82, 2.24) is 5.48 Å². The van der Waals surface area contributed by atoms with Crippen LogP contribution in [-0.4, -0.2) is 37.4 Å². The van der Waals surface area contributed by atoms with E-state index in [0.717, 1.165) is 37.4 Å². The molecule has 2 heterocycles. The second-order valence-corrected chi connectivity index (χ2v) is 7.90. The fourth-order valence-corrected chi connectivity index (χ4v) is 4.64. The van der Waals surface area contributed by atoms with Crippen molar-refractivity contribution in [1.29, 1.82) is 0 Å². The molecule has 1 aliphatic carbocycles. The van der Waals surface area contributed by atoms with Gasteiger partial charge in [0.1, 0.15) is 0 Å². The van der Waals surface area contributed by atoms with Crippen molar-refractivity contribution < 1.29 is 14.7 Å². The summed E-state index contributed by atoms with van der Waals surface area (Å²) in [5, 5.41) is 9.09. The van der Waals surface area contributed by atoms with Crippen LogP contribution >= 0.6 is 0 Å². The zero-order chi connectivity index (χ0) is 17.7. The number of hydrogen-bond donors (Lipinski definition) is 2. The summed E-state index contributed by atoms with van der Waals surface area (Å²) < 4.78 is 5.34. The van der Waals surface area contributed by atoms with Gasteiger partial charge in [-0.1, -0.05) is 42.5 Å². The largest absolute Gasteiger partial charge is 0.380 e. The van der Waals surface area contributed by atoms with Crippen LogP contribution in [0.5, 0.6) is 0 Å². The SMILES string of the molecule is O=C(NO)[C@@H]1[C@H](c2ccccc2)[C@H]1c1ccc(N2CC3(COC3)C2)cc1. The molecular formula is C21H22N2O3. The second kappa shape index (κ2) is 5.83. The fraction of sp³-hybridized carbons (Fsp3) is 0.381. The molecular weight excluding hydrogens is 328 g/mol. The normalized spacial score (nSPS) is 28.2. The van der Waals surface area contributed by atoms with Crippen molar-refractivity contribution in [2.45, 2.75) is 11.8 Å². The predicted octanol–water partition coefficient (Wildman–Crippen LogP) is 2.53. The number of carbonyl (C=O) groups is 1. The summed E-state index contributed by atoms with van der Waals surface area (Å²) in [5.74, 6) is -0.287.